The molecule has 5 atom stereocenters. The fourth-order valence-corrected chi connectivity index (χ4v) is 16.4. The standard InChI is InChI=1S/C25H31N7O2.C20H21N5O3.C15H19N3O.C11H18O.C5H3ClN2O2.C5H12N2/c1-29-15-17-30(18-16-29)24(34)21-7-11-26-25(28-21)31-13-9-20(10-14-31)23(33)32-22(8-12-27-32)19-5-3-2-4-6-19;26-18(25-17(7-11-22-25)14-4-2-1-3-5-14)15-8-12-24(13-9-15)20-21-10-6-16(23-20)19(27)28;19-15(13-6-9-16-10-7-13)18-14(8-11-17-18)12-4-2-1-3-5-12;1-4-11-6-5-8(7-9(11)12)10(11,2)3;6-5-7-2-1-3(8-5)4(9)10;1-7-4-2-6-3-5-7/h2-7,11-12,20,22H,8-10,13-18H2,1H3;1-6,10-11,15,17H,7-9,12-13H2,(H,27,28);1-5,11,13-14,16H,6-10H2;8H,4-7H2,1-3H3;1-2H,(H,9,10);6H,2-5H2,1H3/t22-;17-;14-;8?,11-;;/m0000../s1. The highest BCUT2D eigenvalue weighted by molar-refractivity contribution is 6.28. The molecule has 10 aliphatic rings. The van der Waals surface area contributed by atoms with Gasteiger partial charge in [0.15, 0.2) is 11.4 Å². The number of nitrogens with zero attached hydrogens (tertiary/aromatic N) is 17. The molecule has 28 nitrogen and oxygen atoms in total. The van der Waals surface area contributed by atoms with Crippen molar-refractivity contribution < 1.29 is 43.8 Å². The molecular formula is C81H104ClN19O9. The van der Waals surface area contributed by atoms with Gasteiger partial charge in [-0.1, -0.05) is 112 Å². The van der Waals surface area contributed by atoms with Gasteiger partial charge in [-0.05, 0) is 143 Å². The molecular weight excluding hydrogens is 1420 g/mol. The van der Waals surface area contributed by atoms with Crippen molar-refractivity contribution in [1.82, 2.24) is 70.3 Å². The molecule has 2 saturated carbocycles. The minimum atomic E-state index is -1.11. The maximum Gasteiger partial charge on any atom is 0.354 e. The van der Waals surface area contributed by atoms with Crippen LogP contribution in [0.4, 0.5) is 11.9 Å². The Morgan fingerprint density at radius 2 is 0.873 bits per heavy atom. The smallest absolute Gasteiger partial charge is 0.354 e. The molecule has 1 unspecified atom stereocenters. The summed E-state index contributed by atoms with van der Waals surface area (Å²) in [7, 11) is 4.22. The third-order valence-corrected chi connectivity index (χ3v) is 23.3. The van der Waals surface area contributed by atoms with Crippen molar-refractivity contribution in [2.24, 2.45) is 49.8 Å². The molecule has 29 heteroatoms. The van der Waals surface area contributed by atoms with Crippen molar-refractivity contribution in [3.05, 3.63) is 167 Å². The number of rotatable bonds is 12. The highest BCUT2D eigenvalue weighted by Crippen LogP contribution is 2.65. The van der Waals surface area contributed by atoms with Gasteiger partial charge in [-0.15, -0.1) is 0 Å². The Labute approximate surface area is 648 Å². The molecule has 11 heterocycles. The monoisotopic (exact) mass is 1520 g/mol. The number of piperazine rings is 2. The average molecular weight is 1520 g/mol. The number of carbonyl (C=O) groups excluding carboxylic acids is 5. The number of hydrazone groups is 3. The summed E-state index contributed by atoms with van der Waals surface area (Å²) < 4.78 is 0. The molecule has 3 aromatic heterocycles. The Bertz CT molecular complexity index is 4170. The van der Waals surface area contributed by atoms with Crippen LogP contribution in [0.3, 0.4) is 0 Å². The van der Waals surface area contributed by atoms with Gasteiger partial charge in [-0.25, -0.2) is 54.5 Å². The van der Waals surface area contributed by atoms with Crippen molar-refractivity contribution in [3.63, 3.8) is 0 Å². The number of aromatic nitrogens is 6. The van der Waals surface area contributed by atoms with E-state index >= 15 is 0 Å². The SMILES string of the molecule is CC[C@]12CCC(CC1=O)C2(C)C.CN1CCN(C(=O)c2ccnc(N3CCC(C(=O)N4N=CC[C@H]4c4ccccc4)CC3)n2)CC1.CN1CCNCC1.O=C(C1CCNCC1)N1N=CC[C@H]1c1ccccc1.O=C(O)c1ccnc(Cl)n1.O=C(O)c1ccnc(N2CCC(C(=O)N3N=CC[C@H]3c3ccccc3)CC2)n1. The van der Waals surface area contributed by atoms with Crippen LogP contribution in [0.1, 0.15) is 171 Å². The van der Waals surface area contributed by atoms with Crippen molar-refractivity contribution in [2.75, 3.05) is 116 Å². The number of carbonyl (C=O) groups is 7. The quantitative estimate of drug-likeness (QED) is 0.0828. The Kier molecular flexibility index (Phi) is 28.5. The maximum atomic E-state index is 13.3. The minimum Gasteiger partial charge on any atom is -0.477 e. The molecule has 5 saturated heterocycles. The summed E-state index contributed by atoms with van der Waals surface area (Å²) in [6.07, 6.45) is 21.1. The van der Waals surface area contributed by atoms with Gasteiger partial charge in [0.25, 0.3) is 5.91 Å². The number of aromatic carboxylic acids is 2. The van der Waals surface area contributed by atoms with Crippen molar-refractivity contribution in [1.29, 1.82) is 0 Å². The second-order valence-corrected chi connectivity index (χ2v) is 30.3. The predicted molar refractivity (Wildman–Crippen MR) is 421 cm³/mol. The first kappa shape index (κ1) is 81.1. The van der Waals surface area contributed by atoms with Crippen molar-refractivity contribution in [2.45, 2.75) is 122 Å². The van der Waals surface area contributed by atoms with E-state index in [4.69, 9.17) is 21.8 Å². The number of carboxylic acid groups (broad SMARTS) is 2. The Hall–Kier alpha value is -9.87. The summed E-state index contributed by atoms with van der Waals surface area (Å²) in [4.78, 5) is 120. The fraction of sp³-hybridized carbons (Fsp3) is 0.506. The molecule has 4 amide bonds. The summed E-state index contributed by atoms with van der Waals surface area (Å²) in [5.41, 5.74) is 4.04. The van der Waals surface area contributed by atoms with E-state index in [2.05, 4.69) is 130 Å². The van der Waals surface area contributed by atoms with E-state index in [9.17, 15) is 33.6 Å². The molecule has 3 aromatic carbocycles. The van der Waals surface area contributed by atoms with E-state index in [-0.39, 0.29) is 81.6 Å². The van der Waals surface area contributed by atoms with E-state index in [1.54, 1.807) is 33.5 Å². The number of piperidine rings is 3. The third-order valence-electron chi connectivity index (χ3n) is 23.1. The Balaban J connectivity index is 0.000000141. The maximum absolute atomic E-state index is 13.3. The number of carboxylic acids is 2. The van der Waals surface area contributed by atoms with E-state index in [1.165, 1.54) is 49.6 Å². The molecule has 110 heavy (non-hydrogen) atoms. The van der Waals surface area contributed by atoms with Crippen LogP contribution in [-0.2, 0) is 19.2 Å². The molecule has 16 rings (SSSR count). The number of ketones is 1. The van der Waals surface area contributed by atoms with Gasteiger partial charge in [0.2, 0.25) is 34.9 Å². The zero-order valence-electron chi connectivity index (χ0n) is 63.7. The molecule has 2 bridgehead atoms. The van der Waals surface area contributed by atoms with Crippen LogP contribution >= 0.6 is 11.6 Å². The van der Waals surface area contributed by atoms with Crippen LogP contribution in [0.2, 0.25) is 5.28 Å². The molecule has 2 aliphatic carbocycles. The van der Waals surface area contributed by atoms with E-state index in [0.29, 0.717) is 99.7 Å². The number of nitrogens with one attached hydrogen (secondary N) is 2. The zero-order chi connectivity index (χ0) is 77.7. The lowest BCUT2D eigenvalue weighted by atomic mass is 9.67. The summed E-state index contributed by atoms with van der Waals surface area (Å²) in [6, 6.07) is 34.6. The van der Waals surface area contributed by atoms with Gasteiger partial charge in [0.05, 0.1) is 18.1 Å². The summed E-state index contributed by atoms with van der Waals surface area (Å²) >= 11 is 5.30. The van der Waals surface area contributed by atoms with Crippen LogP contribution < -0.4 is 20.4 Å². The number of amides is 4. The first-order valence-corrected chi connectivity index (χ1v) is 39.0. The highest BCUT2D eigenvalue weighted by atomic mass is 35.5. The third kappa shape index (κ3) is 20.2. The summed E-state index contributed by atoms with van der Waals surface area (Å²) in [5, 5.41) is 42.0. The van der Waals surface area contributed by atoms with Crippen LogP contribution in [0.15, 0.2) is 143 Å². The second-order valence-electron chi connectivity index (χ2n) is 30.0. The van der Waals surface area contributed by atoms with Crippen LogP contribution in [0, 0.1) is 34.5 Å². The normalized spacial score (nSPS) is 23.1. The average Bonchev–Trinajstić information content (AvgIpc) is 1.56. The molecule has 0 radical (unpaired) electrons. The first-order chi connectivity index (χ1) is 53.2. The number of likely N-dealkylation sites (N-methyl/N-ethyl adjacent to an activating group) is 2. The highest BCUT2D eigenvalue weighted by Gasteiger charge is 2.63. The van der Waals surface area contributed by atoms with E-state index < -0.39 is 11.9 Å². The van der Waals surface area contributed by atoms with Crippen LogP contribution in [0.25, 0.3) is 0 Å². The van der Waals surface area contributed by atoms with Gasteiger partial charge in [-0.2, -0.15) is 15.3 Å². The van der Waals surface area contributed by atoms with Gasteiger partial charge in [0.1, 0.15) is 11.5 Å². The molecule has 7 fully saturated rings. The van der Waals surface area contributed by atoms with Crippen LogP contribution in [-0.4, -0.2) is 236 Å². The second kappa shape index (κ2) is 38.7. The van der Waals surface area contributed by atoms with Gasteiger partial charge in [-0.3, -0.25) is 24.0 Å². The number of fused-ring (bicyclic) bond motifs is 2. The number of hydrogen-bond acceptors (Lipinski definition) is 22. The number of hydrogen-bond donors (Lipinski definition) is 4. The minimum absolute atomic E-state index is 0.0210. The molecule has 4 N–H and O–H groups in total. The van der Waals surface area contributed by atoms with Crippen molar-refractivity contribution >= 4 is 83.5 Å². The van der Waals surface area contributed by atoms with Gasteiger partial charge in [0, 0.05) is 165 Å². The molecule has 8 aliphatic heterocycles. The largest absolute Gasteiger partial charge is 0.477 e. The predicted octanol–water partition coefficient (Wildman–Crippen LogP) is 9.48. The lowest BCUT2D eigenvalue weighted by Crippen LogP contribution is -2.47. The van der Waals surface area contributed by atoms with Crippen molar-refractivity contribution in [3.8, 4) is 0 Å². The van der Waals surface area contributed by atoms with Gasteiger partial charge < -0.3 is 45.3 Å². The summed E-state index contributed by atoms with van der Waals surface area (Å²) in [6.45, 7) is 19.1. The topological polar surface area (TPSA) is 324 Å². The lowest BCUT2D eigenvalue weighted by molar-refractivity contribution is -0.138. The zero-order valence-corrected chi connectivity index (χ0v) is 64.5. The fourth-order valence-electron chi connectivity index (χ4n) is 16.3. The molecule has 0 spiro atoms. The number of Topliss-reactive ketones (excluding diaryl/α,β-unsaturated/α-hetero) is 1. The first-order valence-electron chi connectivity index (χ1n) is 38.7. The molecule has 6 aromatic rings. The van der Waals surface area contributed by atoms with E-state index in [0.717, 1.165) is 102 Å². The van der Waals surface area contributed by atoms with Gasteiger partial charge >= 0.3 is 11.9 Å². The number of halogens is 1. The van der Waals surface area contributed by atoms with Crippen LogP contribution in [0.5, 0.6) is 0 Å². The van der Waals surface area contributed by atoms with E-state index in [1.807, 2.05) is 89.0 Å². The summed E-state index contributed by atoms with van der Waals surface area (Å²) in [5.74, 6) is 0.220. The lowest BCUT2D eigenvalue weighted by Gasteiger charge is -2.35. The molecule has 584 valence electrons. The Morgan fingerprint density at radius 1 is 0.482 bits per heavy atom. The number of benzene rings is 3. The Morgan fingerprint density at radius 3 is 1.24 bits per heavy atom. The number of anilines is 2.